The van der Waals surface area contributed by atoms with Crippen molar-refractivity contribution in [3.8, 4) is 0 Å². The molecule has 0 atom stereocenters. The van der Waals surface area contributed by atoms with Crippen molar-refractivity contribution in [1.82, 2.24) is 19.2 Å². The maximum atomic E-state index is 12.4. The molecule has 24 heavy (non-hydrogen) atoms. The van der Waals surface area contributed by atoms with Gasteiger partial charge in [0.15, 0.2) is 0 Å². The molecular weight excluding hydrogens is 328 g/mol. The van der Waals surface area contributed by atoms with Crippen molar-refractivity contribution in [2.24, 2.45) is 0 Å². The van der Waals surface area contributed by atoms with Crippen LogP contribution in [0.15, 0.2) is 29.4 Å². The first-order valence-corrected chi connectivity index (χ1v) is 9.82. The van der Waals surface area contributed by atoms with Crippen molar-refractivity contribution in [2.45, 2.75) is 25.0 Å². The molecule has 4 rings (SSSR count). The Balaban J connectivity index is 0.000000238. The summed E-state index contributed by atoms with van der Waals surface area (Å²) < 4.78 is 33.1. The standard InChI is InChI=1S/C12H15N3O2S.C4H9NO/c1-2-7-14-8-9-15-11-6-4-3-5-10(11)13-12(15)18(14,16)17;1-3-6-4-2-5-1/h3-6H,2,7-9H2,1H3;5H,1-4H2. The smallest absolute Gasteiger partial charge is 0.277 e. The van der Waals surface area contributed by atoms with E-state index < -0.39 is 10.0 Å². The van der Waals surface area contributed by atoms with Gasteiger partial charge in [0.05, 0.1) is 24.2 Å². The number of hydrogen-bond acceptors (Lipinski definition) is 5. The quantitative estimate of drug-likeness (QED) is 0.874. The molecule has 1 aromatic heterocycles. The van der Waals surface area contributed by atoms with Crippen LogP contribution < -0.4 is 5.32 Å². The van der Waals surface area contributed by atoms with Crippen LogP contribution in [0.5, 0.6) is 0 Å². The third-order valence-electron chi connectivity index (χ3n) is 4.08. The van der Waals surface area contributed by atoms with Crippen molar-refractivity contribution in [3.05, 3.63) is 24.3 Å². The van der Waals surface area contributed by atoms with Gasteiger partial charge in [-0.1, -0.05) is 19.1 Å². The average molecular weight is 352 g/mol. The van der Waals surface area contributed by atoms with Crippen molar-refractivity contribution >= 4 is 21.1 Å². The van der Waals surface area contributed by atoms with Crippen LogP contribution in [0.2, 0.25) is 0 Å². The SMILES string of the molecule is C1COCCN1.CCCN1CCn2c(nc3ccccc32)S1(=O)=O. The molecule has 2 aliphatic rings. The van der Waals surface area contributed by atoms with Gasteiger partial charge in [-0.2, -0.15) is 4.31 Å². The van der Waals surface area contributed by atoms with E-state index in [-0.39, 0.29) is 5.16 Å². The number of rotatable bonds is 2. The molecule has 132 valence electrons. The minimum atomic E-state index is -3.42. The summed E-state index contributed by atoms with van der Waals surface area (Å²) in [4.78, 5) is 4.27. The van der Waals surface area contributed by atoms with Crippen molar-refractivity contribution in [3.63, 3.8) is 0 Å². The summed E-state index contributed by atoms with van der Waals surface area (Å²) in [5, 5.41) is 3.34. The fraction of sp³-hybridized carbons (Fsp3) is 0.562. The Morgan fingerprint density at radius 2 is 1.96 bits per heavy atom. The normalized spacial score (nSPS) is 20.2. The van der Waals surface area contributed by atoms with Crippen LogP contribution in [0.3, 0.4) is 0 Å². The number of para-hydroxylation sites is 2. The van der Waals surface area contributed by atoms with Crippen molar-refractivity contribution in [1.29, 1.82) is 0 Å². The molecule has 2 aromatic rings. The second kappa shape index (κ2) is 7.60. The first-order valence-electron chi connectivity index (χ1n) is 8.38. The summed E-state index contributed by atoms with van der Waals surface area (Å²) in [6.45, 7) is 7.58. The van der Waals surface area contributed by atoms with Crippen LogP contribution in [0.4, 0.5) is 0 Å². The van der Waals surface area contributed by atoms with Crippen LogP contribution in [0.25, 0.3) is 11.0 Å². The molecule has 0 saturated carbocycles. The number of nitrogens with one attached hydrogen (secondary N) is 1. The number of sulfonamides is 1. The van der Waals surface area contributed by atoms with Gasteiger partial charge >= 0.3 is 0 Å². The van der Waals surface area contributed by atoms with E-state index in [1.165, 1.54) is 4.31 Å². The van der Waals surface area contributed by atoms with Gasteiger partial charge in [0.1, 0.15) is 0 Å². The van der Waals surface area contributed by atoms with Gasteiger partial charge < -0.3 is 14.6 Å². The van der Waals surface area contributed by atoms with Gasteiger partial charge in [0.25, 0.3) is 10.0 Å². The summed E-state index contributed by atoms with van der Waals surface area (Å²) in [6.07, 6.45) is 0.819. The van der Waals surface area contributed by atoms with Crippen LogP contribution in [0.1, 0.15) is 13.3 Å². The molecule has 1 N–H and O–H groups in total. The summed E-state index contributed by atoms with van der Waals surface area (Å²) >= 11 is 0. The zero-order valence-corrected chi connectivity index (χ0v) is 14.8. The minimum Gasteiger partial charge on any atom is -0.379 e. The average Bonchev–Trinajstić information content (AvgIpc) is 3.00. The number of fused-ring (bicyclic) bond motifs is 3. The fourth-order valence-corrected chi connectivity index (χ4v) is 4.57. The predicted molar refractivity (Wildman–Crippen MR) is 92.5 cm³/mol. The van der Waals surface area contributed by atoms with Crippen molar-refractivity contribution < 1.29 is 13.2 Å². The highest BCUT2D eigenvalue weighted by Crippen LogP contribution is 2.25. The van der Waals surface area contributed by atoms with E-state index in [2.05, 4.69) is 10.3 Å². The molecule has 0 bridgehead atoms. The zero-order chi connectivity index (χ0) is 17.0. The molecule has 0 spiro atoms. The van der Waals surface area contributed by atoms with E-state index >= 15 is 0 Å². The molecule has 0 amide bonds. The molecule has 0 radical (unpaired) electrons. The van der Waals surface area contributed by atoms with Crippen LogP contribution in [-0.4, -0.2) is 61.7 Å². The lowest BCUT2D eigenvalue weighted by atomic mass is 10.3. The third kappa shape index (κ3) is 3.46. The number of hydrogen-bond donors (Lipinski definition) is 1. The molecule has 3 heterocycles. The number of benzene rings is 1. The summed E-state index contributed by atoms with van der Waals surface area (Å²) in [5.74, 6) is 0. The predicted octanol–water partition coefficient (Wildman–Crippen LogP) is 1.06. The Labute approximate surface area is 142 Å². The highest BCUT2D eigenvalue weighted by molar-refractivity contribution is 7.89. The third-order valence-corrected chi connectivity index (χ3v) is 5.90. The Kier molecular flexibility index (Phi) is 5.50. The molecule has 0 unspecified atom stereocenters. The molecule has 7 nitrogen and oxygen atoms in total. The van der Waals surface area contributed by atoms with Gasteiger partial charge in [0.2, 0.25) is 5.16 Å². The highest BCUT2D eigenvalue weighted by atomic mass is 32.2. The monoisotopic (exact) mass is 352 g/mol. The number of imidazole rings is 1. The Bertz CT molecular complexity index is 772. The molecule has 1 fully saturated rings. The van der Waals surface area contributed by atoms with E-state index in [0.717, 1.165) is 43.8 Å². The molecular formula is C16H24N4O3S. The number of ether oxygens (including phenoxy) is 1. The molecule has 1 saturated heterocycles. The summed E-state index contributed by atoms with van der Waals surface area (Å²) in [7, 11) is -3.42. The van der Waals surface area contributed by atoms with E-state index in [1.807, 2.05) is 31.2 Å². The Morgan fingerprint density at radius 3 is 2.58 bits per heavy atom. The minimum absolute atomic E-state index is 0.184. The van der Waals surface area contributed by atoms with Crippen LogP contribution in [0, 0.1) is 0 Å². The van der Waals surface area contributed by atoms with Gasteiger partial charge in [0, 0.05) is 32.7 Å². The largest absolute Gasteiger partial charge is 0.379 e. The lowest BCUT2D eigenvalue weighted by Gasteiger charge is -2.26. The first kappa shape index (κ1) is 17.3. The van der Waals surface area contributed by atoms with Crippen LogP contribution in [-0.2, 0) is 21.3 Å². The maximum Gasteiger partial charge on any atom is 0.277 e. The number of morpholine rings is 1. The second-order valence-electron chi connectivity index (χ2n) is 5.80. The van der Waals surface area contributed by atoms with Crippen molar-refractivity contribution in [2.75, 3.05) is 39.4 Å². The van der Waals surface area contributed by atoms with Crippen LogP contribution >= 0.6 is 0 Å². The maximum absolute atomic E-state index is 12.4. The lowest BCUT2D eigenvalue weighted by molar-refractivity contribution is 0.109. The molecule has 0 aliphatic carbocycles. The fourth-order valence-electron chi connectivity index (χ4n) is 2.91. The second-order valence-corrected chi connectivity index (χ2v) is 7.63. The Hall–Kier alpha value is -1.48. The van der Waals surface area contributed by atoms with E-state index in [4.69, 9.17) is 4.74 Å². The molecule has 8 heteroatoms. The van der Waals surface area contributed by atoms with Gasteiger partial charge in [-0.15, -0.1) is 0 Å². The van der Waals surface area contributed by atoms with Gasteiger partial charge in [-0.05, 0) is 18.6 Å². The van der Waals surface area contributed by atoms with E-state index in [0.29, 0.717) is 19.6 Å². The first-order chi connectivity index (χ1) is 11.6. The molecule has 1 aromatic carbocycles. The number of aromatic nitrogens is 2. The van der Waals surface area contributed by atoms with Gasteiger partial charge in [-0.25, -0.2) is 13.4 Å². The topological polar surface area (TPSA) is 76.5 Å². The van der Waals surface area contributed by atoms with E-state index in [9.17, 15) is 8.42 Å². The van der Waals surface area contributed by atoms with Gasteiger partial charge in [-0.3, -0.25) is 0 Å². The Morgan fingerprint density at radius 1 is 1.21 bits per heavy atom. The lowest BCUT2D eigenvalue weighted by Crippen LogP contribution is -2.40. The molecule has 2 aliphatic heterocycles. The summed E-state index contributed by atoms with van der Waals surface area (Å²) in [5.41, 5.74) is 1.64. The van der Waals surface area contributed by atoms with E-state index in [1.54, 1.807) is 4.57 Å². The zero-order valence-electron chi connectivity index (χ0n) is 13.9. The number of nitrogens with zero attached hydrogens (tertiary/aromatic N) is 3. The summed E-state index contributed by atoms with van der Waals surface area (Å²) in [6, 6.07) is 7.54. The highest BCUT2D eigenvalue weighted by Gasteiger charge is 2.33.